The topological polar surface area (TPSA) is 124 Å². The highest BCUT2D eigenvalue weighted by Crippen LogP contribution is 2.24. The van der Waals surface area contributed by atoms with Gasteiger partial charge in [0.25, 0.3) is 0 Å². The van der Waals surface area contributed by atoms with Crippen molar-refractivity contribution in [2.24, 2.45) is 0 Å². The average Bonchev–Trinajstić information content (AvgIpc) is 3.01. The van der Waals surface area contributed by atoms with E-state index in [1.165, 1.54) is 12.1 Å². The summed E-state index contributed by atoms with van der Waals surface area (Å²) in [7, 11) is 0. The van der Waals surface area contributed by atoms with Crippen LogP contribution >= 0.6 is 0 Å². The number of esters is 4. The van der Waals surface area contributed by atoms with Gasteiger partial charge in [0, 0.05) is 0 Å². The van der Waals surface area contributed by atoms with E-state index in [1.54, 1.807) is 107 Å². The minimum atomic E-state index is -0.693. The van der Waals surface area contributed by atoms with E-state index in [9.17, 15) is 19.2 Å². The van der Waals surface area contributed by atoms with Crippen LogP contribution in [0.5, 0.6) is 11.5 Å². The van der Waals surface area contributed by atoms with Crippen molar-refractivity contribution in [3.63, 3.8) is 0 Å². The Morgan fingerprint density at radius 2 is 0.611 bits per heavy atom. The fourth-order valence-corrected chi connectivity index (χ4v) is 4.47. The summed E-state index contributed by atoms with van der Waals surface area (Å²) in [5.74, 6) is -1.49. The number of ether oxygens (including phenoxy) is 6. The number of unbranched alkanes of at least 4 members (excludes halogenated alkanes) is 2. The van der Waals surface area contributed by atoms with E-state index in [1.807, 2.05) is 24.3 Å². The first kappa shape index (κ1) is 45.3. The first-order valence-corrected chi connectivity index (χ1v) is 18.3. The highest BCUT2D eigenvalue weighted by molar-refractivity contribution is 5.97. The van der Waals surface area contributed by atoms with Crippen LogP contribution in [-0.4, -0.2) is 59.5 Å². The number of hydrogen-bond donors (Lipinski definition) is 0. The molecule has 0 unspecified atom stereocenters. The Morgan fingerprint density at radius 3 is 0.833 bits per heavy atom. The molecule has 0 amide bonds. The van der Waals surface area contributed by atoms with E-state index in [2.05, 4.69) is 12.2 Å². The maximum Gasteiger partial charge on any atom is 0.338 e. The normalized spacial score (nSPS) is 12.6. The third-order valence-electron chi connectivity index (χ3n) is 6.54. The van der Waals surface area contributed by atoms with E-state index >= 15 is 0 Å². The fourth-order valence-electron chi connectivity index (χ4n) is 4.47. The predicted molar refractivity (Wildman–Crippen MR) is 210 cm³/mol. The second-order valence-electron chi connectivity index (χ2n) is 16.7. The lowest BCUT2D eigenvalue weighted by Gasteiger charge is -2.21. The van der Waals surface area contributed by atoms with Gasteiger partial charge in [0.05, 0.1) is 22.3 Å². The number of benzene rings is 2. The molecule has 10 nitrogen and oxygen atoms in total. The van der Waals surface area contributed by atoms with E-state index in [-0.39, 0.29) is 35.5 Å². The molecule has 0 aliphatic rings. The van der Waals surface area contributed by atoms with Crippen LogP contribution in [-0.2, 0) is 18.9 Å². The monoisotopic (exact) mass is 748 g/mol. The van der Waals surface area contributed by atoms with Gasteiger partial charge in [0.2, 0.25) is 0 Å². The first-order chi connectivity index (χ1) is 24.9. The van der Waals surface area contributed by atoms with Crippen molar-refractivity contribution in [2.75, 3.05) is 13.2 Å². The molecule has 0 aliphatic carbocycles. The Kier molecular flexibility index (Phi) is 16.8. The number of carbonyl (C=O) groups excluding carboxylic acids is 4. The van der Waals surface area contributed by atoms with E-state index in [0.29, 0.717) is 11.5 Å². The third kappa shape index (κ3) is 19.3. The Morgan fingerprint density at radius 1 is 0.389 bits per heavy atom. The van der Waals surface area contributed by atoms with Gasteiger partial charge >= 0.3 is 23.9 Å². The quantitative estimate of drug-likeness (QED) is 0.0709. The molecule has 2 aromatic carbocycles. The third-order valence-corrected chi connectivity index (χ3v) is 6.54. The Labute approximate surface area is 321 Å². The van der Waals surface area contributed by atoms with Crippen molar-refractivity contribution in [1.82, 2.24) is 0 Å². The van der Waals surface area contributed by atoms with Crippen molar-refractivity contribution < 1.29 is 47.6 Å². The van der Waals surface area contributed by atoms with E-state index in [4.69, 9.17) is 28.4 Å². The second-order valence-corrected chi connectivity index (χ2v) is 16.7. The number of rotatable bonds is 16. The highest BCUT2D eigenvalue weighted by Gasteiger charge is 2.25. The zero-order valence-corrected chi connectivity index (χ0v) is 34.3. The van der Waals surface area contributed by atoms with Crippen molar-refractivity contribution in [3.8, 4) is 11.5 Å². The van der Waals surface area contributed by atoms with Crippen LogP contribution in [0, 0.1) is 0 Å². The summed E-state index contributed by atoms with van der Waals surface area (Å²) in [6.07, 6.45) is 15.4. The molecule has 0 aliphatic heterocycles. The molecule has 296 valence electrons. The average molecular weight is 749 g/mol. The van der Waals surface area contributed by atoms with Crippen LogP contribution in [0.2, 0.25) is 0 Å². The van der Waals surface area contributed by atoms with Gasteiger partial charge in [-0.1, -0.05) is 36.5 Å². The van der Waals surface area contributed by atoms with Crippen molar-refractivity contribution >= 4 is 23.9 Å². The largest absolute Gasteiger partial charge is 0.489 e. The zero-order valence-electron chi connectivity index (χ0n) is 34.3. The van der Waals surface area contributed by atoms with Crippen LogP contribution in [0.25, 0.3) is 0 Å². The summed E-state index contributed by atoms with van der Waals surface area (Å²) >= 11 is 0. The highest BCUT2D eigenvalue weighted by atomic mass is 16.6. The molecule has 2 rings (SSSR count). The van der Waals surface area contributed by atoms with Crippen molar-refractivity contribution in [1.29, 1.82) is 0 Å². The summed E-state index contributed by atoms with van der Waals surface area (Å²) in [5, 5.41) is 0. The molecule has 0 radical (unpaired) electrons. The van der Waals surface area contributed by atoms with E-state index < -0.39 is 46.3 Å². The number of carbonyl (C=O) groups is 4. The molecule has 0 aromatic heterocycles. The summed E-state index contributed by atoms with van der Waals surface area (Å²) in [4.78, 5) is 51.0. The fraction of sp³-hybridized carbons (Fsp3) is 0.500. The molecule has 0 N–H and O–H groups in total. The minimum absolute atomic E-state index is 0.207. The van der Waals surface area contributed by atoms with Crippen molar-refractivity contribution in [3.05, 3.63) is 95.1 Å². The second kappa shape index (κ2) is 20.0. The van der Waals surface area contributed by atoms with Crippen LogP contribution < -0.4 is 9.47 Å². The lowest BCUT2D eigenvalue weighted by molar-refractivity contribution is 0.00458. The molecule has 54 heavy (non-hydrogen) atoms. The van der Waals surface area contributed by atoms with Gasteiger partial charge < -0.3 is 28.4 Å². The summed E-state index contributed by atoms with van der Waals surface area (Å²) < 4.78 is 33.7. The van der Waals surface area contributed by atoms with Gasteiger partial charge in [0.15, 0.2) is 0 Å². The van der Waals surface area contributed by atoms with Gasteiger partial charge in [-0.15, -0.1) is 0 Å². The van der Waals surface area contributed by atoms with Gasteiger partial charge in [-0.25, -0.2) is 19.2 Å². The van der Waals surface area contributed by atoms with Crippen LogP contribution in [0.15, 0.2) is 72.9 Å². The smallest absolute Gasteiger partial charge is 0.338 e. The lowest BCUT2D eigenvalue weighted by atomic mass is 10.1. The number of allylic oxidation sites excluding steroid dienone is 4. The molecule has 0 spiro atoms. The first-order valence-electron chi connectivity index (χ1n) is 18.3. The molecule has 0 fully saturated rings. The molecule has 2 aromatic rings. The Bertz CT molecular complexity index is 1450. The lowest BCUT2D eigenvalue weighted by Crippen LogP contribution is -2.25. The molecular weight excluding hydrogens is 688 g/mol. The van der Waals surface area contributed by atoms with Gasteiger partial charge in [-0.05, 0) is 145 Å². The number of hydrogen-bond acceptors (Lipinski definition) is 10. The minimum Gasteiger partial charge on any atom is -0.489 e. The van der Waals surface area contributed by atoms with Crippen LogP contribution in [0.1, 0.15) is 150 Å². The molecule has 0 bridgehead atoms. The standard InChI is InChI=1S/C44H60O10/c1-41(2,3)51-37(45)31-25-32(38(46)52-42(4,5)6)28-35(27-31)49-23-21-19-17-15-13-14-16-18-20-22-24-50-36-29-33(39(47)53-43(7,8)9)26-34(30-36)40(48)54-44(10,11)12/h13-14,19-22,25-30H,15-18,23-24H2,1-12H3/b14-13+,21-19+,22-20+. The maximum absolute atomic E-state index is 12.8. The molecule has 0 heterocycles. The SMILES string of the molecule is CC(C)(C)OC(=O)c1cc(OC/C=C/CC/C=C/CC/C=C/COc2cc(C(=O)OC(C)(C)C)cc(C(=O)OC(C)(C)C)c2)cc(C(=O)OC(C)(C)C)c1. The molecule has 0 saturated carbocycles. The maximum atomic E-state index is 12.8. The van der Waals surface area contributed by atoms with Crippen LogP contribution in [0.3, 0.4) is 0 Å². The summed E-state index contributed by atoms with van der Waals surface area (Å²) in [6.45, 7) is 21.8. The zero-order chi connectivity index (χ0) is 40.7. The molecule has 0 saturated heterocycles. The predicted octanol–water partition coefficient (Wildman–Crippen LogP) is 10.2. The van der Waals surface area contributed by atoms with Gasteiger partial charge in [-0.2, -0.15) is 0 Å². The summed E-state index contributed by atoms with van der Waals surface area (Å²) in [6, 6.07) is 9.16. The molecular formula is C44H60O10. The van der Waals surface area contributed by atoms with E-state index in [0.717, 1.165) is 25.7 Å². The Hall–Kier alpha value is -4.86. The molecule has 10 heteroatoms. The molecule has 0 atom stereocenters. The van der Waals surface area contributed by atoms with Crippen LogP contribution in [0.4, 0.5) is 0 Å². The van der Waals surface area contributed by atoms with Gasteiger partial charge in [0.1, 0.15) is 47.1 Å². The summed E-state index contributed by atoms with van der Waals surface area (Å²) in [5.41, 5.74) is -1.94. The van der Waals surface area contributed by atoms with Gasteiger partial charge in [-0.3, -0.25) is 0 Å². The van der Waals surface area contributed by atoms with Crippen molar-refractivity contribution in [2.45, 2.75) is 131 Å². The Balaban J connectivity index is 1.85.